The lowest BCUT2D eigenvalue weighted by Crippen LogP contribution is -2.24. The molecule has 0 N–H and O–H groups in total. The first-order chi connectivity index (χ1) is 18.7. The van der Waals surface area contributed by atoms with Crippen molar-refractivity contribution in [3.63, 3.8) is 0 Å². The molecule has 3 heteroatoms. The van der Waals surface area contributed by atoms with Gasteiger partial charge in [-0.2, -0.15) is 0 Å². The predicted molar refractivity (Wildman–Crippen MR) is 165 cm³/mol. The van der Waals surface area contributed by atoms with Gasteiger partial charge in [0.1, 0.15) is 0 Å². The summed E-state index contributed by atoms with van der Waals surface area (Å²) in [4.78, 5) is 40.0. The SMILES string of the molecule is Cc1ccc(CC2CCC(C(=O)c3cc4c(cc3C)C(C(C)CC(C)(C)C)C=C4C(=O)C(=O)C(C)C)CC2)cc1. The molecule has 2 atom stereocenters. The Balaban J connectivity index is 1.57. The number of hydrogen-bond donors (Lipinski definition) is 0. The largest absolute Gasteiger partial charge is 0.294 e. The number of rotatable bonds is 9. The third kappa shape index (κ3) is 6.73. The Morgan fingerprint density at radius 3 is 2.10 bits per heavy atom. The number of benzene rings is 2. The maximum atomic E-state index is 13.9. The Bertz CT molecular complexity index is 1290. The molecule has 0 saturated heterocycles. The van der Waals surface area contributed by atoms with E-state index < -0.39 is 5.78 Å². The van der Waals surface area contributed by atoms with Crippen molar-refractivity contribution in [2.24, 2.45) is 29.1 Å². The molecule has 0 bridgehead atoms. The quantitative estimate of drug-likeness (QED) is 0.236. The van der Waals surface area contributed by atoms with Crippen molar-refractivity contribution in [3.8, 4) is 0 Å². The van der Waals surface area contributed by atoms with Crippen LogP contribution >= 0.6 is 0 Å². The van der Waals surface area contributed by atoms with Crippen molar-refractivity contribution in [1.82, 2.24) is 0 Å². The molecule has 0 aliphatic heterocycles. The van der Waals surface area contributed by atoms with E-state index in [4.69, 9.17) is 0 Å². The van der Waals surface area contributed by atoms with Crippen LogP contribution in [0.5, 0.6) is 0 Å². The van der Waals surface area contributed by atoms with Crippen molar-refractivity contribution in [2.45, 2.75) is 99.8 Å². The molecule has 3 nitrogen and oxygen atoms in total. The molecule has 2 aliphatic carbocycles. The normalized spacial score (nSPS) is 21.6. The zero-order valence-corrected chi connectivity index (χ0v) is 25.9. The summed E-state index contributed by atoms with van der Waals surface area (Å²) in [5.41, 5.74) is 6.90. The standard InChI is InChI=1S/C37H48O3/c1-22(2)34(38)36(40)33-19-29(25(5)21-37(6,7)8)31-17-24(4)30(20-32(31)33)35(39)28-15-13-27(14-16-28)18-26-11-9-23(3)10-12-26/h9-12,17,19-20,22,25,27-29H,13-16,18,21H2,1-8H3. The first-order valence-corrected chi connectivity index (χ1v) is 15.3. The fourth-order valence-electron chi connectivity index (χ4n) is 6.93. The van der Waals surface area contributed by atoms with Gasteiger partial charge >= 0.3 is 0 Å². The van der Waals surface area contributed by atoms with Crippen LogP contribution in [0.3, 0.4) is 0 Å². The first-order valence-electron chi connectivity index (χ1n) is 15.3. The average molecular weight is 541 g/mol. The van der Waals surface area contributed by atoms with Crippen molar-refractivity contribution in [2.75, 3.05) is 0 Å². The second-order valence-corrected chi connectivity index (χ2v) is 14.2. The van der Waals surface area contributed by atoms with Gasteiger partial charge in [-0.05, 0) is 97.9 Å². The fraction of sp³-hybridized carbons (Fsp3) is 0.541. The second-order valence-electron chi connectivity index (χ2n) is 14.2. The molecule has 1 fully saturated rings. The minimum atomic E-state index is -0.416. The van der Waals surface area contributed by atoms with Crippen LogP contribution in [-0.2, 0) is 16.0 Å². The maximum Gasteiger partial charge on any atom is 0.229 e. The van der Waals surface area contributed by atoms with Crippen LogP contribution in [0.2, 0.25) is 0 Å². The lowest BCUT2D eigenvalue weighted by Gasteiger charge is -2.29. The minimum Gasteiger partial charge on any atom is -0.294 e. The smallest absolute Gasteiger partial charge is 0.229 e. The number of hydrogen-bond acceptors (Lipinski definition) is 3. The monoisotopic (exact) mass is 540 g/mol. The number of aryl methyl sites for hydroxylation is 2. The highest BCUT2D eigenvalue weighted by Crippen LogP contribution is 2.45. The summed E-state index contributed by atoms with van der Waals surface area (Å²) in [5, 5.41) is 0. The van der Waals surface area contributed by atoms with E-state index in [0.717, 1.165) is 60.8 Å². The Labute approximate surface area is 241 Å². The molecule has 0 amide bonds. The number of carbonyl (C=O) groups excluding carboxylic acids is 3. The van der Waals surface area contributed by atoms with E-state index in [1.54, 1.807) is 13.8 Å². The van der Waals surface area contributed by atoms with Gasteiger partial charge in [-0.25, -0.2) is 0 Å². The van der Waals surface area contributed by atoms with Crippen LogP contribution in [-0.4, -0.2) is 17.3 Å². The Hall–Kier alpha value is -2.81. The van der Waals surface area contributed by atoms with Crippen molar-refractivity contribution in [1.29, 1.82) is 0 Å². The van der Waals surface area contributed by atoms with Crippen LogP contribution < -0.4 is 0 Å². The summed E-state index contributed by atoms with van der Waals surface area (Å²) in [7, 11) is 0. The zero-order chi connectivity index (χ0) is 29.4. The highest BCUT2D eigenvalue weighted by molar-refractivity contribution is 6.54. The average Bonchev–Trinajstić information content (AvgIpc) is 3.26. The van der Waals surface area contributed by atoms with Gasteiger partial charge in [0.25, 0.3) is 0 Å². The molecule has 0 radical (unpaired) electrons. The summed E-state index contributed by atoms with van der Waals surface area (Å²) in [6.45, 7) is 16.6. The van der Waals surface area contributed by atoms with Crippen LogP contribution in [0, 0.1) is 42.9 Å². The predicted octanol–water partition coefficient (Wildman–Crippen LogP) is 8.88. The summed E-state index contributed by atoms with van der Waals surface area (Å²) in [6.07, 6.45) is 8.04. The lowest BCUT2D eigenvalue weighted by molar-refractivity contribution is -0.135. The lowest BCUT2D eigenvalue weighted by atomic mass is 9.75. The van der Waals surface area contributed by atoms with E-state index >= 15 is 0 Å². The van der Waals surface area contributed by atoms with E-state index in [-0.39, 0.29) is 34.7 Å². The Morgan fingerprint density at radius 1 is 0.900 bits per heavy atom. The number of Topliss-reactive ketones (excluding diaryl/α,β-unsaturated/α-hetero) is 3. The molecule has 1 saturated carbocycles. The summed E-state index contributed by atoms with van der Waals surface area (Å²) >= 11 is 0. The topological polar surface area (TPSA) is 51.2 Å². The second kappa shape index (κ2) is 12.0. The molecular formula is C37H48O3. The summed E-state index contributed by atoms with van der Waals surface area (Å²) in [5.74, 6) is 0.0702. The summed E-state index contributed by atoms with van der Waals surface area (Å²) in [6, 6.07) is 12.9. The number of ketones is 3. The molecule has 0 spiro atoms. The molecule has 0 heterocycles. The van der Waals surface area contributed by atoms with Crippen molar-refractivity contribution >= 4 is 22.9 Å². The van der Waals surface area contributed by atoms with E-state index in [2.05, 4.69) is 65.0 Å². The van der Waals surface area contributed by atoms with Crippen LogP contribution in [0.1, 0.15) is 118 Å². The van der Waals surface area contributed by atoms with Gasteiger partial charge in [0.2, 0.25) is 11.6 Å². The van der Waals surface area contributed by atoms with Crippen molar-refractivity contribution in [3.05, 3.63) is 75.9 Å². The van der Waals surface area contributed by atoms with Crippen LogP contribution in [0.25, 0.3) is 5.57 Å². The van der Waals surface area contributed by atoms with E-state index in [0.29, 0.717) is 17.4 Å². The third-order valence-corrected chi connectivity index (χ3v) is 9.06. The van der Waals surface area contributed by atoms with E-state index in [9.17, 15) is 14.4 Å². The highest BCUT2D eigenvalue weighted by Gasteiger charge is 2.36. The van der Waals surface area contributed by atoms with Gasteiger partial charge in [0.15, 0.2) is 5.78 Å². The highest BCUT2D eigenvalue weighted by atomic mass is 16.2. The van der Waals surface area contributed by atoms with Crippen LogP contribution in [0.4, 0.5) is 0 Å². The molecule has 2 aliphatic rings. The van der Waals surface area contributed by atoms with Gasteiger partial charge in [-0.15, -0.1) is 0 Å². The van der Waals surface area contributed by atoms with Gasteiger partial charge in [0.05, 0.1) is 0 Å². The Morgan fingerprint density at radius 2 is 1.52 bits per heavy atom. The van der Waals surface area contributed by atoms with E-state index in [1.165, 1.54) is 11.1 Å². The molecule has 40 heavy (non-hydrogen) atoms. The van der Waals surface area contributed by atoms with Crippen molar-refractivity contribution < 1.29 is 14.4 Å². The zero-order valence-electron chi connectivity index (χ0n) is 25.9. The first kappa shape index (κ1) is 30.2. The van der Waals surface area contributed by atoms with E-state index in [1.807, 2.05) is 19.1 Å². The van der Waals surface area contributed by atoms with Gasteiger partial charge in [-0.1, -0.05) is 83.5 Å². The summed E-state index contributed by atoms with van der Waals surface area (Å²) < 4.78 is 0. The fourth-order valence-corrected chi connectivity index (χ4v) is 6.93. The van der Waals surface area contributed by atoms with Gasteiger partial charge in [-0.3, -0.25) is 14.4 Å². The number of carbonyl (C=O) groups is 3. The van der Waals surface area contributed by atoms with Gasteiger partial charge < -0.3 is 0 Å². The number of allylic oxidation sites excluding steroid dienone is 2. The molecule has 2 aromatic carbocycles. The molecule has 2 aromatic rings. The Kier molecular flexibility index (Phi) is 9.02. The molecule has 214 valence electrons. The minimum absolute atomic E-state index is 0.0171. The van der Waals surface area contributed by atoms with Gasteiger partial charge in [0, 0.05) is 28.9 Å². The third-order valence-electron chi connectivity index (χ3n) is 9.06. The van der Waals surface area contributed by atoms with Crippen LogP contribution in [0.15, 0.2) is 42.5 Å². The molecular weight excluding hydrogens is 492 g/mol. The number of fused-ring (bicyclic) bond motifs is 1. The maximum absolute atomic E-state index is 13.9. The molecule has 0 aromatic heterocycles. The molecule has 2 unspecified atom stereocenters. The molecule has 4 rings (SSSR count).